The molecule has 0 aliphatic heterocycles. The van der Waals surface area contributed by atoms with Crippen LogP contribution in [0.1, 0.15) is 17.5 Å². The Morgan fingerprint density at radius 3 is 2.64 bits per heavy atom. The molecule has 1 heterocycles. The van der Waals surface area contributed by atoms with E-state index in [-0.39, 0.29) is 5.78 Å². The van der Waals surface area contributed by atoms with Crippen molar-refractivity contribution in [1.82, 2.24) is 4.98 Å². The van der Waals surface area contributed by atoms with Crippen LogP contribution in [0.5, 0.6) is 0 Å². The molecule has 3 aromatic rings. The number of thiol groups is 1. The molecule has 0 bridgehead atoms. The fourth-order valence-corrected chi connectivity index (χ4v) is 2.87. The normalized spacial score (nSPS) is 10.8. The summed E-state index contributed by atoms with van der Waals surface area (Å²) in [6, 6.07) is 17.8. The average Bonchev–Trinajstić information content (AvgIpc) is 2.55. The van der Waals surface area contributed by atoms with E-state index < -0.39 is 0 Å². The third kappa shape index (κ3) is 3.37. The minimum atomic E-state index is 0.262. The summed E-state index contributed by atoms with van der Waals surface area (Å²) in [7, 11) is 0. The van der Waals surface area contributed by atoms with Gasteiger partial charge in [-0.25, -0.2) is 0 Å². The first-order valence-corrected chi connectivity index (χ1v) is 7.80. The van der Waals surface area contributed by atoms with Crippen molar-refractivity contribution in [2.24, 2.45) is 0 Å². The molecule has 0 saturated heterocycles. The smallest absolute Gasteiger partial charge is 0.137 e. The summed E-state index contributed by atoms with van der Waals surface area (Å²) in [6.07, 6.45) is 3.56. The van der Waals surface area contributed by atoms with Crippen molar-refractivity contribution >= 4 is 29.3 Å². The molecule has 0 unspecified atom stereocenters. The number of hydrogen-bond donors (Lipinski definition) is 1. The minimum Gasteiger partial charge on any atom is -0.299 e. The van der Waals surface area contributed by atoms with E-state index in [2.05, 4.69) is 17.6 Å². The van der Waals surface area contributed by atoms with Crippen LogP contribution >= 0.6 is 12.6 Å². The first kappa shape index (κ1) is 14.8. The molecule has 0 atom stereocenters. The van der Waals surface area contributed by atoms with Gasteiger partial charge in [0.15, 0.2) is 0 Å². The fraction of sp³-hybridized carbons (Fsp3) is 0.158. The van der Waals surface area contributed by atoms with Gasteiger partial charge in [-0.1, -0.05) is 42.5 Å². The largest absolute Gasteiger partial charge is 0.299 e. The van der Waals surface area contributed by atoms with Crippen molar-refractivity contribution in [3.63, 3.8) is 0 Å². The van der Waals surface area contributed by atoms with E-state index in [1.807, 2.05) is 54.6 Å². The number of aromatic nitrogens is 1. The molecule has 0 saturated carbocycles. The highest BCUT2D eigenvalue weighted by atomic mass is 32.1. The number of benzene rings is 2. The van der Waals surface area contributed by atoms with Crippen LogP contribution < -0.4 is 0 Å². The predicted octanol–water partition coefficient (Wildman–Crippen LogP) is 4.27. The highest BCUT2D eigenvalue weighted by molar-refractivity contribution is 7.80. The van der Waals surface area contributed by atoms with Gasteiger partial charge in [0, 0.05) is 29.3 Å². The second-order valence-electron chi connectivity index (χ2n) is 5.34. The number of carbonyl (C=O) groups is 1. The molecule has 0 aliphatic carbocycles. The number of pyridine rings is 1. The van der Waals surface area contributed by atoms with E-state index in [9.17, 15) is 4.79 Å². The van der Waals surface area contributed by atoms with Gasteiger partial charge in [0.2, 0.25) is 0 Å². The lowest BCUT2D eigenvalue weighted by Crippen LogP contribution is -2.04. The Balaban J connectivity index is 1.72. The van der Waals surface area contributed by atoms with Gasteiger partial charge < -0.3 is 0 Å². The van der Waals surface area contributed by atoms with Crippen LogP contribution in [0.4, 0.5) is 0 Å². The van der Waals surface area contributed by atoms with Crippen LogP contribution in [-0.2, 0) is 17.6 Å². The van der Waals surface area contributed by atoms with Crippen molar-refractivity contribution in [2.45, 2.75) is 24.2 Å². The Labute approximate surface area is 135 Å². The molecular formula is C19H17NOS. The number of nitrogens with zero attached hydrogens (tertiary/aromatic N) is 1. The molecule has 0 spiro atoms. The third-order valence-corrected chi connectivity index (χ3v) is 4.12. The zero-order valence-corrected chi connectivity index (χ0v) is 13.1. The maximum absolute atomic E-state index is 12.2. The van der Waals surface area contributed by atoms with Gasteiger partial charge >= 0.3 is 0 Å². The van der Waals surface area contributed by atoms with Gasteiger partial charge in [0.1, 0.15) is 5.78 Å². The zero-order valence-electron chi connectivity index (χ0n) is 12.2. The van der Waals surface area contributed by atoms with Crippen LogP contribution in [0.2, 0.25) is 0 Å². The van der Waals surface area contributed by atoms with Crippen molar-refractivity contribution in [1.29, 1.82) is 0 Å². The van der Waals surface area contributed by atoms with Gasteiger partial charge in [-0.2, -0.15) is 0 Å². The second-order valence-corrected chi connectivity index (χ2v) is 5.83. The summed E-state index contributed by atoms with van der Waals surface area (Å²) in [5, 5.41) is 1.09. The molecule has 0 N–H and O–H groups in total. The predicted molar refractivity (Wildman–Crippen MR) is 92.5 cm³/mol. The molecule has 2 nitrogen and oxygen atoms in total. The molecule has 3 rings (SSSR count). The standard InChI is InChI=1S/C19H17NOS/c21-16(13-14-5-2-1-3-6-14)10-8-15-9-11-18(22)19-17(15)7-4-12-20-19/h1-7,9,11-12,22H,8,10,13H2. The minimum absolute atomic E-state index is 0.262. The molecule has 0 amide bonds. The number of rotatable bonds is 5. The number of ketones is 1. The van der Waals surface area contributed by atoms with E-state index in [4.69, 9.17) is 0 Å². The summed E-state index contributed by atoms with van der Waals surface area (Å²) >= 11 is 4.44. The molecule has 2 aromatic carbocycles. The van der Waals surface area contributed by atoms with Gasteiger partial charge in [0.25, 0.3) is 0 Å². The van der Waals surface area contributed by atoms with E-state index in [1.54, 1.807) is 6.20 Å². The lowest BCUT2D eigenvalue weighted by molar-refractivity contribution is -0.118. The Bertz CT molecular complexity index is 799. The Kier molecular flexibility index (Phi) is 4.54. The van der Waals surface area contributed by atoms with Crippen molar-refractivity contribution in [2.75, 3.05) is 0 Å². The zero-order chi connectivity index (χ0) is 15.4. The summed E-state index contributed by atoms with van der Waals surface area (Å²) in [6.45, 7) is 0. The van der Waals surface area contributed by atoms with E-state index in [0.717, 1.165) is 33.3 Å². The van der Waals surface area contributed by atoms with Crippen molar-refractivity contribution in [3.8, 4) is 0 Å². The average molecular weight is 307 g/mol. The summed E-state index contributed by atoms with van der Waals surface area (Å²) in [5.74, 6) is 0.262. The molecular weight excluding hydrogens is 290 g/mol. The van der Waals surface area contributed by atoms with Crippen molar-refractivity contribution < 1.29 is 4.79 Å². The molecule has 22 heavy (non-hydrogen) atoms. The van der Waals surface area contributed by atoms with Gasteiger partial charge in [-0.05, 0) is 29.7 Å². The number of Topliss-reactive ketones (excluding diaryl/α,β-unsaturated/α-hetero) is 1. The first-order valence-electron chi connectivity index (χ1n) is 7.35. The highest BCUT2D eigenvalue weighted by Crippen LogP contribution is 2.24. The van der Waals surface area contributed by atoms with Crippen LogP contribution in [0, 0.1) is 0 Å². The van der Waals surface area contributed by atoms with E-state index >= 15 is 0 Å². The van der Waals surface area contributed by atoms with Gasteiger partial charge in [-0.3, -0.25) is 9.78 Å². The SMILES string of the molecule is O=C(CCc1ccc(S)c2ncccc12)Cc1ccccc1. The third-order valence-electron chi connectivity index (χ3n) is 3.76. The second kappa shape index (κ2) is 6.75. The van der Waals surface area contributed by atoms with Crippen LogP contribution in [-0.4, -0.2) is 10.8 Å². The van der Waals surface area contributed by atoms with Gasteiger partial charge in [-0.15, -0.1) is 12.6 Å². The van der Waals surface area contributed by atoms with Gasteiger partial charge in [0.05, 0.1) is 5.52 Å². The Morgan fingerprint density at radius 1 is 1.00 bits per heavy atom. The topological polar surface area (TPSA) is 30.0 Å². The van der Waals surface area contributed by atoms with Crippen molar-refractivity contribution in [3.05, 3.63) is 71.9 Å². The molecule has 3 heteroatoms. The maximum atomic E-state index is 12.2. The van der Waals surface area contributed by atoms with Crippen LogP contribution in [0.15, 0.2) is 65.7 Å². The number of aryl methyl sites for hydroxylation is 1. The fourth-order valence-electron chi connectivity index (χ4n) is 2.62. The summed E-state index contributed by atoms with van der Waals surface area (Å²) < 4.78 is 0. The molecule has 0 radical (unpaired) electrons. The van der Waals surface area contributed by atoms with E-state index in [0.29, 0.717) is 12.8 Å². The quantitative estimate of drug-likeness (QED) is 0.714. The Hall–Kier alpha value is -2.13. The van der Waals surface area contributed by atoms with E-state index in [1.165, 1.54) is 0 Å². The summed E-state index contributed by atoms with van der Waals surface area (Å²) in [5.41, 5.74) is 3.13. The lowest BCUT2D eigenvalue weighted by atomic mass is 10.00. The monoisotopic (exact) mass is 307 g/mol. The number of carbonyl (C=O) groups excluding carboxylic acids is 1. The number of fused-ring (bicyclic) bond motifs is 1. The summed E-state index contributed by atoms with van der Waals surface area (Å²) in [4.78, 5) is 17.4. The Morgan fingerprint density at radius 2 is 1.82 bits per heavy atom. The molecule has 0 fully saturated rings. The number of hydrogen-bond acceptors (Lipinski definition) is 3. The molecule has 0 aliphatic rings. The molecule has 1 aromatic heterocycles. The highest BCUT2D eigenvalue weighted by Gasteiger charge is 2.08. The van der Waals surface area contributed by atoms with Crippen LogP contribution in [0.3, 0.4) is 0 Å². The maximum Gasteiger partial charge on any atom is 0.137 e. The first-order chi connectivity index (χ1) is 10.7. The lowest BCUT2D eigenvalue weighted by Gasteiger charge is -2.07. The van der Waals surface area contributed by atoms with Crippen LogP contribution in [0.25, 0.3) is 10.9 Å². The molecule has 110 valence electrons.